The molecule has 0 aliphatic rings. The lowest BCUT2D eigenvalue weighted by Crippen LogP contribution is -1.93. The van der Waals surface area contributed by atoms with Crippen LogP contribution in [-0.2, 0) is 0 Å². The van der Waals surface area contributed by atoms with Gasteiger partial charge in [0.25, 0.3) is 0 Å². The zero-order valence-corrected chi connectivity index (χ0v) is 9.84. The third-order valence-electron chi connectivity index (χ3n) is 2.49. The Hall–Kier alpha value is -2.57. The van der Waals surface area contributed by atoms with Gasteiger partial charge in [-0.25, -0.2) is 0 Å². The van der Waals surface area contributed by atoms with Gasteiger partial charge in [0.05, 0.1) is 19.1 Å². The number of nitrogens with zero attached hydrogens (tertiary/aromatic N) is 2. The van der Waals surface area contributed by atoms with E-state index >= 15 is 0 Å². The molecule has 0 saturated carbocycles. The SMILES string of the molecule is COc1ccc(-c2[nH]ncc2[N+](=O)[O-])cc1OC. The lowest BCUT2D eigenvalue weighted by molar-refractivity contribution is -0.384. The number of benzene rings is 1. The maximum absolute atomic E-state index is 10.8. The van der Waals surface area contributed by atoms with Gasteiger partial charge in [-0.3, -0.25) is 15.2 Å². The van der Waals surface area contributed by atoms with Crippen molar-refractivity contribution in [2.24, 2.45) is 0 Å². The molecular formula is C11H11N3O4. The van der Waals surface area contributed by atoms with E-state index in [4.69, 9.17) is 9.47 Å². The highest BCUT2D eigenvalue weighted by molar-refractivity contribution is 5.71. The molecule has 1 aromatic carbocycles. The highest BCUT2D eigenvalue weighted by atomic mass is 16.6. The summed E-state index contributed by atoms with van der Waals surface area (Å²) in [5.74, 6) is 1.06. The van der Waals surface area contributed by atoms with Gasteiger partial charge in [-0.1, -0.05) is 0 Å². The molecule has 0 bridgehead atoms. The van der Waals surface area contributed by atoms with E-state index in [1.807, 2.05) is 0 Å². The largest absolute Gasteiger partial charge is 0.493 e. The molecule has 0 unspecified atom stereocenters. The first-order valence-corrected chi connectivity index (χ1v) is 5.07. The van der Waals surface area contributed by atoms with Crippen LogP contribution in [0.15, 0.2) is 24.4 Å². The molecule has 7 nitrogen and oxygen atoms in total. The fourth-order valence-electron chi connectivity index (χ4n) is 1.62. The summed E-state index contributed by atoms with van der Waals surface area (Å²) in [6.07, 6.45) is 1.17. The summed E-state index contributed by atoms with van der Waals surface area (Å²) in [5, 5.41) is 17.1. The standard InChI is InChI=1S/C11H11N3O4/c1-17-9-4-3-7(5-10(9)18-2)11-8(14(15)16)6-12-13-11/h3-6H,1-2H3,(H,12,13). The first-order valence-electron chi connectivity index (χ1n) is 5.07. The van der Waals surface area contributed by atoms with Gasteiger partial charge in [0.2, 0.25) is 0 Å². The van der Waals surface area contributed by atoms with Gasteiger partial charge in [-0.05, 0) is 18.2 Å². The summed E-state index contributed by atoms with van der Waals surface area (Å²) in [7, 11) is 3.03. The van der Waals surface area contributed by atoms with Crippen molar-refractivity contribution in [1.29, 1.82) is 0 Å². The second-order valence-corrected chi connectivity index (χ2v) is 3.46. The smallest absolute Gasteiger partial charge is 0.314 e. The van der Waals surface area contributed by atoms with Crippen molar-refractivity contribution < 1.29 is 14.4 Å². The van der Waals surface area contributed by atoms with Gasteiger partial charge in [0, 0.05) is 5.56 Å². The monoisotopic (exact) mass is 249 g/mol. The minimum atomic E-state index is -0.491. The van der Waals surface area contributed by atoms with Crippen molar-refractivity contribution in [3.05, 3.63) is 34.5 Å². The van der Waals surface area contributed by atoms with Crippen LogP contribution in [0, 0.1) is 10.1 Å². The number of H-pyrrole nitrogens is 1. The van der Waals surface area contributed by atoms with E-state index in [2.05, 4.69) is 10.2 Å². The Labute approximate surface area is 102 Å². The molecule has 0 spiro atoms. The first-order chi connectivity index (χ1) is 8.67. The van der Waals surface area contributed by atoms with Crippen LogP contribution in [0.1, 0.15) is 0 Å². The number of ether oxygens (including phenoxy) is 2. The maximum Gasteiger partial charge on any atom is 0.314 e. The third kappa shape index (κ3) is 1.97. The molecule has 1 aromatic heterocycles. The Morgan fingerprint density at radius 2 is 2.00 bits per heavy atom. The summed E-state index contributed by atoms with van der Waals surface area (Å²) < 4.78 is 10.2. The molecular weight excluding hydrogens is 238 g/mol. The summed E-state index contributed by atoms with van der Waals surface area (Å²) in [5.41, 5.74) is 0.861. The number of nitro groups is 1. The van der Waals surface area contributed by atoms with E-state index in [9.17, 15) is 10.1 Å². The molecule has 0 atom stereocenters. The molecule has 18 heavy (non-hydrogen) atoms. The van der Waals surface area contributed by atoms with Crippen LogP contribution in [0.5, 0.6) is 11.5 Å². The minimum Gasteiger partial charge on any atom is -0.493 e. The molecule has 0 fully saturated rings. The second kappa shape index (κ2) is 4.74. The molecule has 0 amide bonds. The lowest BCUT2D eigenvalue weighted by atomic mass is 10.1. The molecule has 0 aliphatic carbocycles. The highest BCUT2D eigenvalue weighted by Crippen LogP contribution is 2.34. The summed E-state index contributed by atoms with van der Waals surface area (Å²) >= 11 is 0. The highest BCUT2D eigenvalue weighted by Gasteiger charge is 2.18. The molecule has 7 heteroatoms. The first kappa shape index (κ1) is 11.9. The number of nitrogens with one attached hydrogen (secondary N) is 1. The zero-order valence-electron chi connectivity index (χ0n) is 9.84. The molecule has 1 N–H and O–H groups in total. The van der Waals surface area contributed by atoms with Crippen molar-refractivity contribution >= 4 is 5.69 Å². The maximum atomic E-state index is 10.8. The van der Waals surface area contributed by atoms with E-state index in [-0.39, 0.29) is 5.69 Å². The van der Waals surface area contributed by atoms with E-state index in [1.165, 1.54) is 20.4 Å². The van der Waals surface area contributed by atoms with E-state index in [1.54, 1.807) is 18.2 Å². The number of aromatic nitrogens is 2. The predicted octanol–water partition coefficient (Wildman–Crippen LogP) is 2.00. The number of methoxy groups -OCH3 is 2. The number of hydrogen-bond donors (Lipinski definition) is 1. The van der Waals surface area contributed by atoms with Crippen molar-refractivity contribution in [2.45, 2.75) is 0 Å². The zero-order chi connectivity index (χ0) is 13.1. The van der Waals surface area contributed by atoms with E-state index in [0.29, 0.717) is 22.8 Å². The fourth-order valence-corrected chi connectivity index (χ4v) is 1.62. The normalized spacial score (nSPS) is 10.1. The molecule has 94 valence electrons. The Balaban J connectivity index is 2.51. The van der Waals surface area contributed by atoms with Gasteiger partial charge >= 0.3 is 5.69 Å². The van der Waals surface area contributed by atoms with Crippen LogP contribution >= 0.6 is 0 Å². The molecule has 2 rings (SSSR count). The Morgan fingerprint density at radius 1 is 1.28 bits per heavy atom. The fraction of sp³-hybridized carbons (Fsp3) is 0.182. The van der Waals surface area contributed by atoms with E-state index in [0.717, 1.165) is 0 Å². The Morgan fingerprint density at radius 3 is 2.61 bits per heavy atom. The van der Waals surface area contributed by atoms with Crippen molar-refractivity contribution in [1.82, 2.24) is 10.2 Å². The van der Waals surface area contributed by atoms with Gasteiger partial charge in [0.1, 0.15) is 11.9 Å². The Bertz CT molecular complexity index is 579. The van der Waals surface area contributed by atoms with Crippen LogP contribution in [0.3, 0.4) is 0 Å². The molecule has 0 saturated heterocycles. The number of hydrogen-bond acceptors (Lipinski definition) is 5. The van der Waals surface area contributed by atoms with Crippen molar-refractivity contribution in [2.75, 3.05) is 14.2 Å². The van der Waals surface area contributed by atoms with Crippen LogP contribution in [-0.4, -0.2) is 29.3 Å². The summed E-state index contributed by atoms with van der Waals surface area (Å²) in [4.78, 5) is 10.3. The average Bonchev–Trinajstić information content (AvgIpc) is 2.87. The van der Waals surface area contributed by atoms with Crippen molar-refractivity contribution in [3.8, 4) is 22.8 Å². The Kier molecular flexibility index (Phi) is 3.13. The quantitative estimate of drug-likeness (QED) is 0.661. The topological polar surface area (TPSA) is 90.3 Å². The van der Waals surface area contributed by atoms with Gasteiger partial charge < -0.3 is 9.47 Å². The molecule has 0 aliphatic heterocycles. The van der Waals surface area contributed by atoms with Crippen LogP contribution in [0.4, 0.5) is 5.69 Å². The van der Waals surface area contributed by atoms with Gasteiger partial charge in [-0.15, -0.1) is 0 Å². The van der Waals surface area contributed by atoms with Crippen molar-refractivity contribution in [3.63, 3.8) is 0 Å². The summed E-state index contributed by atoms with van der Waals surface area (Å²) in [6, 6.07) is 5.03. The second-order valence-electron chi connectivity index (χ2n) is 3.46. The van der Waals surface area contributed by atoms with Gasteiger partial charge in [-0.2, -0.15) is 5.10 Å². The minimum absolute atomic E-state index is 0.0813. The summed E-state index contributed by atoms with van der Waals surface area (Å²) in [6.45, 7) is 0. The molecule has 0 radical (unpaired) electrons. The van der Waals surface area contributed by atoms with Crippen LogP contribution in [0.2, 0.25) is 0 Å². The average molecular weight is 249 g/mol. The van der Waals surface area contributed by atoms with Crippen LogP contribution < -0.4 is 9.47 Å². The molecule has 2 aromatic rings. The third-order valence-corrected chi connectivity index (χ3v) is 2.49. The molecule has 1 heterocycles. The van der Waals surface area contributed by atoms with Crippen LogP contribution in [0.25, 0.3) is 11.3 Å². The van der Waals surface area contributed by atoms with E-state index < -0.39 is 4.92 Å². The lowest BCUT2D eigenvalue weighted by Gasteiger charge is -2.08. The number of aromatic amines is 1. The van der Waals surface area contributed by atoms with Gasteiger partial charge in [0.15, 0.2) is 11.5 Å². The predicted molar refractivity (Wildman–Crippen MR) is 63.8 cm³/mol. The number of rotatable bonds is 4.